The van der Waals surface area contributed by atoms with Gasteiger partial charge in [-0.2, -0.15) is 0 Å². The fourth-order valence-corrected chi connectivity index (χ4v) is 2.76. The second-order valence-corrected chi connectivity index (χ2v) is 7.01. The molecule has 0 aliphatic rings. The SMILES string of the molecule is BrBr.OCc1cc(OCc2ccccc2)no1.OCc1onc(OCc2ccccc2)c1Br. The molecule has 4 aromatic rings. The lowest BCUT2D eigenvalue weighted by molar-refractivity contribution is 0.220. The fraction of sp³-hybridized carbons (Fsp3) is 0.182. The summed E-state index contributed by atoms with van der Waals surface area (Å²) in [5, 5.41) is 25.0. The third kappa shape index (κ3) is 9.30. The van der Waals surface area contributed by atoms with Crippen LogP contribution in [0.25, 0.3) is 0 Å². The molecule has 4 rings (SSSR count). The third-order valence-corrected chi connectivity index (χ3v) is 4.74. The van der Waals surface area contributed by atoms with E-state index < -0.39 is 0 Å². The Bertz CT molecular complexity index is 1040. The maximum Gasteiger partial charge on any atom is 0.269 e. The second kappa shape index (κ2) is 15.6. The highest BCUT2D eigenvalue weighted by Crippen LogP contribution is 2.28. The molecule has 0 fully saturated rings. The van der Waals surface area contributed by atoms with Gasteiger partial charge in [0.2, 0.25) is 0 Å². The molecule has 8 nitrogen and oxygen atoms in total. The fourth-order valence-electron chi connectivity index (χ4n) is 2.38. The first-order valence-electron chi connectivity index (χ1n) is 9.48. The van der Waals surface area contributed by atoms with Crippen molar-refractivity contribution in [2.24, 2.45) is 0 Å². The molecular weight excluding hydrogens is 628 g/mol. The van der Waals surface area contributed by atoms with Gasteiger partial charge >= 0.3 is 0 Å². The van der Waals surface area contributed by atoms with E-state index in [1.54, 1.807) is 6.07 Å². The number of nitrogens with zero attached hydrogens (tertiary/aromatic N) is 2. The molecule has 2 heterocycles. The first kappa shape index (κ1) is 27.1. The van der Waals surface area contributed by atoms with Crippen molar-refractivity contribution in [1.82, 2.24) is 10.3 Å². The topological polar surface area (TPSA) is 111 Å². The number of aliphatic hydroxyl groups excluding tert-OH is 2. The van der Waals surface area contributed by atoms with Crippen molar-refractivity contribution in [2.45, 2.75) is 26.4 Å². The van der Waals surface area contributed by atoms with Crippen molar-refractivity contribution in [3.05, 3.63) is 93.9 Å². The van der Waals surface area contributed by atoms with E-state index in [9.17, 15) is 0 Å². The molecule has 2 N–H and O–H groups in total. The summed E-state index contributed by atoms with van der Waals surface area (Å²) in [6.07, 6.45) is 0. The van der Waals surface area contributed by atoms with Crippen LogP contribution in [0.1, 0.15) is 22.6 Å². The van der Waals surface area contributed by atoms with Gasteiger partial charge in [-0.1, -0.05) is 60.7 Å². The smallest absolute Gasteiger partial charge is 0.269 e. The van der Waals surface area contributed by atoms with Gasteiger partial charge in [0.15, 0.2) is 11.5 Å². The maximum absolute atomic E-state index is 8.90. The third-order valence-electron chi connectivity index (χ3n) is 3.96. The normalized spacial score (nSPS) is 9.85. The molecule has 11 heteroatoms. The zero-order valence-corrected chi connectivity index (χ0v) is 22.0. The van der Waals surface area contributed by atoms with Crippen molar-refractivity contribution >= 4 is 44.2 Å². The summed E-state index contributed by atoms with van der Waals surface area (Å²) in [5.74, 6) is 1.51. The van der Waals surface area contributed by atoms with Gasteiger partial charge in [-0.05, 0) is 37.4 Å². The summed E-state index contributed by atoms with van der Waals surface area (Å²) in [7, 11) is 0. The van der Waals surface area contributed by atoms with Crippen LogP contribution in [0.15, 0.2) is 80.2 Å². The van der Waals surface area contributed by atoms with Gasteiger partial charge in [0.1, 0.15) is 30.9 Å². The van der Waals surface area contributed by atoms with Gasteiger partial charge in [0, 0.05) is 34.3 Å². The van der Waals surface area contributed by atoms with Crippen LogP contribution < -0.4 is 9.47 Å². The van der Waals surface area contributed by atoms with Crippen LogP contribution >= 0.6 is 44.2 Å². The Morgan fingerprint density at radius 3 is 1.82 bits per heavy atom. The van der Waals surface area contributed by atoms with E-state index in [-0.39, 0.29) is 13.2 Å². The average molecular weight is 649 g/mol. The summed E-state index contributed by atoms with van der Waals surface area (Å²) in [6.45, 7) is 0.485. The first-order chi connectivity index (χ1) is 16.2. The Labute approximate surface area is 214 Å². The number of hydrogen-bond acceptors (Lipinski definition) is 8. The number of ether oxygens (including phenoxy) is 2. The van der Waals surface area contributed by atoms with Crippen LogP contribution in [0.3, 0.4) is 0 Å². The van der Waals surface area contributed by atoms with Gasteiger partial charge < -0.3 is 28.7 Å². The summed E-state index contributed by atoms with van der Waals surface area (Å²) in [6, 6.07) is 21.1. The van der Waals surface area contributed by atoms with Gasteiger partial charge in [-0.15, -0.1) is 0 Å². The van der Waals surface area contributed by atoms with Crippen molar-refractivity contribution in [3.8, 4) is 11.8 Å². The second-order valence-electron chi connectivity index (χ2n) is 6.22. The minimum Gasteiger partial charge on any atom is -0.471 e. The van der Waals surface area contributed by atoms with Crippen molar-refractivity contribution in [2.75, 3.05) is 0 Å². The summed E-state index contributed by atoms with van der Waals surface area (Å²) in [5.41, 5.74) is 2.11. The molecule has 0 saturated heterocycles. The van der Waals surface area contributed by atoms with Crippen LogP contribution in [-0.4, -0.2) is 20.5 Å². The molecule has 0 aliphatic carbocycles. The predicted molar refractivity (Wildman–Crippen MR) is 132 cm³/mol. The highest BCUT2D eigenvalue weighted by molar-refractivity contribution is 9.93. The molecule has 0 saturated carbocycles. The predicted octanol–water partition coefficient (Wildman–Crippen LogP) is 5.95. The lowest BCUT2D eigenvalue weighted by Crippen LogP contribution is -1.95. The number of halogens is 3. The largest absolute Gasteiger partial charge is 0.471 e. The van der Waals surface area contributed by atoms with Crippen LogP contribution in [0.5, 0.6) is 11.8 Å². The molecule has 0 bridgehead atoms. The Hall–Kier alpha value is -2.18. The molecule has 0 atom stereocenters. The number of aromatic nitrogens is 2. The minimum atomic E-state index is -0.206. The van der Waals surface area contributed by atoms with Gasteiger partial charge in [-0.25, -0.2) is 0 Å². The van der Waals surface area contributed by atoms with E-state index in [4.69, 9.17) is 28.7 Å². The van der Waals surface area contributed by atoms with Crippen LogP contribution in [0, 0.1) is 0 Å². The standard InChI is InChI=1S/C11H10BrNO3.C11H11NO3.Br2/c12-10-9(6-14)16-13-11(10)15-7-8-4-2-1-3-5-8;13-7-10-6-11(12-15-10)14-8-9-4-2-1-3-5-9;1-2/h1-5,14H,6-7H2;1-6,13H,7-8H2;. The van der Waals surface area contributed by atoms with Crippen molar-refractivity contribution in [3.63, 3.8) is 0 Å². The summed E-state index contributed by atoms with van der Waals surface area (Å²) < 4.78 is 21.0. The van der Waals surface area contributed by atoms with Gasteiger partial charge in [-0.3, -0.25) is 0 Å². The summed E-state index contributed by atoms with van der Waals surface area (Å²) in [4.78, 5) is 0. The average Bonchev–Trinajstić information content (AvgIpc) is 3.50. The van der Waals surface area contributed by atoms with E-state index in [1.807, 2.05) is 60.7 Å². The Morgan fingerprint density at radius 2 is 1.33 bits per heavy atom. The number of hydrogen-bond donors (Lipinski definition) is 2. The minimum absolute atomic E-state index is 0.165. The van der Waals surface area contributed by atoms with Gasteiger partial charge in [0.25, 0.3) is 11.8 Å². The lowest BCUT2D eigenvalue weighted by Gasteiger charge is -2.02. The van der Waals surface area contributed by atoms with E-state index in [0.29, 0.717) is 41.0 Å². The quantitative estimate of drug-likeness (QED) is 0.241. The number of benzene rings is 2. The zero-order chi connectivity index (χ0) is 23.9. The molecule has 0 amide bonds. The molecule has 0 unspecified atom stereocenters. The lowest BCUT2D eigenvalue weighted by atomic mass is 10.2. The van der Waals surface area contributed by atoms with E-state index in [1.165, 1.54) is 0 Å². The van der Waals surface area contributed by atoms with Crippen LogP contribution in [-0.2, 0) is 26.4 Å². The van der Waals surface area contributed by atoms with Crippen molar-refractivity contribution < 1.29 is 28.7 Å². The number of rotatable bonds is 8. The van der Waals surface area contributed by atoms with E-state index >= 15 is 0 Å². The number of aliphatic hydroxyl groups is 2. The van der Waals surface area contributed by atoms with Gasteiger partial charge in [0.05, 0.1) is 0 Å². The molecule has 0 aliphatic heterocycles. The highest BCUT2D eigenvalue weighted by Gasteiger charge is 2.13. The molecule has 2 aromatic heterocycles. The summed E-state index contributed by atoms with van der Waals surface area (Å²) >= 11 is 8.74. The molecule has 176 valence electrons. The highest BCUT2D eigenvalue weighted by atomic mass is 80.9. The zero-order valence-electron chi connectivity index (χ0n) is 17.2. The molecule has 33 heavy (non-hydrogen) atoms. The molecule has 0 radical (unpaired) electrons. The van der Waals surface area contributed by atoms with E-state index in [0.717, 1.165) is 11.1 Å². The molecule has 0 spiro atoms. The monoisotopic (exact) mass is 646 g/mol. The van der Waals surface area contributed by atoms with Crippen molar-refractivity contribution in [1.29, 1.82) is 0 Å². The Morgan fingerprint density at radius 1 is 0.758 bits per heavy atom. The first-order valence-corrected chi connectivity index (χ1v) is 14.0. The Kier molecular flexibility index (Phi) is 12.8. The van der Waals surface area contributed by atoms with Crippen LogP contribution in [0.2, 0.25) is 0 Å². The molecule has 2 aromatic carbocycles. The molecular formula is C22H21Br3N2O6. The van der Waals surface area contributed by atoms with Crippen LogP contribution in [0.4, 0.5) is 0 Å². The Balaban J connectivity index is 0.000000218. The van der Waals surface area contributed by atoms with E-state index in [2.05, 4.69) is 54.5 Å². The maximum atomic E-state index is 8.90.